The molecule has 0 fully saturated rings. The molecule has 0 aliphatic heterocycles. The van der Waals surface area contributed by atoms with Crippen LogP contribution >= 0.6 is 0 Å². The quantitative estimate of drug-likeness (QED) is 0.328. The highest BCUT2D eigenvalue weighted by Crippen LogP contribution is 2.33. The van der Waals surface area contributed by atoms with Crippen molar-refractivity contribution in [2.75, 3.05) is 0 Å². The van der Waals surface area contributed by atoms with Gasteiger partial charge in [0.2, 0.25) is 0 Å². The first-order valence-corrected chi connectivity index (χ1v) is 9.80. The van der Waals surface area contributed by atoms with Crippen LogP contribution in [0.2, 0.25) is 0 Å². The van der Waals surface area contributed by atoms with E-state index in [1.165, 1.54) is 18.2 Å². The third-order valence-corrected chi connectivity index (χ3v) is 4.91. The second-order valence-electron chi connectivity index (χ2n) is 7.44. The van der Waals surface area contributed by atoms with Gasteiger partial charge in [-0.1, -0.05) is 18.2 Å². The van der Waals surface area contributed by atoms with Crippen molar-refractivity contribution >= 4 is 22.6 Å². The molecule has 6 heteroatoms. The van der Waals surface area contributed by atoms with E-state index in [9.17, 15) is 14.3 Å². The van der Waals surface area contributed by atoms with E-state index in [4.69, 9.17) is 4.42 Å². The Kier molecular flexibility index (Phi) is 5.54. The molecule has 2 N–H and O–H groups in total. The number of fused-ring (bicyclic) bond motifs is 1. The largest absolute Gasteiger partial charge is 0.507 e. The van der Waals surface area contributed by atoms with Crippen LogP contribution in [0.25, 0.3) is 22.1 Å². The van der Waals surface area contributed by atoms with Gasteiger partial charge in [0, 0.05) is 28.6 Å². The molecule has 0 saturated heterocycles. The molecule has 0 atom stereocenters. The van der Waals surface area contributed by atoms with E-state index in [0.717, 1.165) is 33.9 Å². The van der Waals surface area contributed by atoms with Gasteiger partial charge in [-0.05, 0) is 73.5 Å². The van der Waals surface area contributed by atoms with Gasteiger partial charge in [-0.25, -0.2) is 9.82 Å². The number of furan rings is 1. The zero-order valence-electron chi connectivity index (χ0n) is 17.1. The number of phenols is 1. The summed E-state index contributed by atoms with van der Waals surface area (Å²) in [5.74, 6) is 0.0530. The molecule has 4 aromatic rings. The number of carbonyl (C=O) groups excluding carboxylic acids is 1. The number of carbonyl (C=O) groups is 1. The maximum atomic E-state index is 13.3. The monoisotopic (exact) mass is 416 g/mol. The minimum atomic E-state index is -0.478. The van der Waals surface area contributed by atoms with Crippen LogP contribution in [0.15, 0.2) is 76.2 Å². The molecule has 0 aliphatic carbocycles. The molecule has 0 aliphatic rings. The van der Waals surface area contributed by atoms with Gasteiger partial charge in [-0.2, -0.15) is 5.10 Å². The Labute approximate surface area is 178 Å². The van der Waals surface area contributed by atoms with Gasteiger partial charge in [0.25, 0.3) is 5.91 Å². The minimum Gasteiger partial charge on any atom is -0.507 e. The summed E-state index contributed by atoms with van der Waals surface area (Å²) in [6.07, 6.45) is 0.476. The number of hydrogen-bond donors (Lipinski definition) is 2. The van der Waals surface area contributed by atoms with Crippen molar-refractivity contribution in [1.29, 1.82) is 0 Å². The Balaban J connectivity index is 1.52. The van der Waals surface area contributed by atoms with Crippen LogP contribution in [0, 0.1) is 12.7 Å². The van der Waals surface area contributed by atoms with Crippen LogP contribution in [0.5, 0.6) is 5.75 Å². The number of nitrogens with one attached hydrogen (secondary N) is 1. The zero-order valence-corrected chi connectivity index (χ0v) is 17.1. The summed E-state index contributed by atoms with van der Waals surface area (Å²) in [6.45, 7) is 3.69. The van der Waals surface area contributed by atoms with E-state index in [0.29, 0.717) is 17.7 Å². The summed E-state index contributed by atoms with van der Waals surface area (Å²) in [4.78, 5) is 12.1. The highest BCUT2D eigenvalue weighted by atomic mass is 19.1. The summed E-state index contributed by atoms with van der Waals surface area (Å²) >= 11 is 0. The van der Waals surface area contributed by atoms with Crippen molar-refractivity contribution < 1.29 is 18.7 Å². The molecular formula is C25H21FN2O3. The Bertz CT molecular complexity index is 1310. The molecule has 0 bridgehead atoms. The lowest BCUT2D eigenvalue weighted by Gasteiger charge is -2.09. The Morgan fingerprint density at radius 2 is 1.94 bits per heavy atom. The first-order chi connectivity index (χ1) is 14.9. The fourth-order valence-electron chi connectivity index (χ4n) is 3.44. The van der Waals surface area contributed by atoms with Crippen LogP contribution in [-0.2, 0) is 6.42 Å². The fourth-order valence-corrected chi connectivity index (χ4v) is 3.44. The van der Waals surface area contributed by atoms with E-state index >= 15 is 0 Å². The van der Waals surface area contributed by atoms with Gasteiger partial charge in [0.1, 0.15) is 22.9 Å². The van der Waals surface area contributed by atoms with Crippen LogP contribution in [-0.4, -0.2) is 16.7 Å². The smallest absolute Gasteiger partial charge is 0.271 e. The summed E-state index contributed by atoms with van der Waals surface area (Å²) in [5, 5.41) is 15.5. The van der Waals surface area contributed by atoms with Crippen molar-refractivity contribution in [1.82, 2.24) is 5.43 Å². The Morgan fingerprint density at radius 3 is 2.74 bits per heavy atom. The first-order valence-electron chi connectivity index (χ1n) is 9.80. The highest BCUT2D eigenvalue weighted by molar-refractivity contribution is 5.95. The normalized spacial score (nSPS) is 11.6. The van der Waals surface area contributed by atoms with Crippen LogP contribution in [0.3, 0.4) is 0 Å². The Hall–Kier alpha value is -3.93. The number of benzene rings is 3. The molecule has 1 amide bonds. The van der Waals surface area contributed by atoms with Crippen LogP contribution in [0.1, 0.15) is 28.6 Å². The number of nitrogens with zero attached hydrogens (tertiary/aromatic N) is 1. The summed E-state index contributed by atoms with van der Waals surface area (Å²) in [6, 6.07) is 18.5. The van der Waals surface area contributed by atoms with E-state index in [1.807, 2.05) is 43.3 Å². The molecule has 0 spiro atoms. The molecule has 0 saturated carbocycles. The number of phenolic OH excluding ortho intramolecular Hbond substituents is 1. The molecule has 0 unspecified atom stereocenters. The van der Waals surface area contributed by atoms with Gasteiger partial charge in [-0.15, -0.1) is 0 Å². The second kappa shape index (κ2) is 8.44. The molecule has 3 aromatic carbocycles. The lowest BCUT2D eigenvalue weighted by atomic mass is 9.99. The van der Waals surface area contributed by atoms with E-state index in [1.54, 1.807) is 13.0 Å². The predicted octanol–water partition coefficient (Wildman–Crippen LogP) is 5.60. The van der Waals surface area contributed by atoms with Crippen molar-refractivity contribution in [3.8, 4) is 16.9 Å². The van der Waals surface area contributed by atoms with Gasteiger partial charge < -0.3 is 9.52 Å². The molecule has 31 heavy (non-hydrogen) atoms. The summed E-state index contributed by atoms with van der Waals surface area (Å²) in [5.41, 5.74) is 6.63. The number of hydrazone groups is 1. The van der Waals surface area contributed by atoms with Gasteiger partial charge in [0.05, 0.1) is 0 Å². The van der Waals surface area contributed by atoms with E-state index in [2.05, 4.69) is 10.5 Å². The number of aromatic hydroxyl groups is 1. The molecule has 0 radical (unpaired) electrons. The minimum absolute atomic E-state index is 0.178. The molecular weight excluding hydrogens is 395 g/mol. The number of halogens is 1. The maximum Gasteiger partial charge on any atom is 0.271 e. The van der Waals surface area contributed by atoms with E-state index < -0.39 is 11.7 Å². The number of hydrogen-bond acceptors (Lipinski definition) is 4. The lowest BCUT2D eigenvalue weighted by molar-refractivity contribution is 0.0954. The van der Waals surface area contributed by atoms with E-state index in [-0.39, 0.29) is 11.3 Å². The fraction of sp³-hybridized carbons (Fsp3) is 0.120. The number of amides is 1. The predicted molar refractivity (Wildman–Crippen MR) is 119 cm³/mol. The third kappa shape index (κ3) is 4.64. The third-order valence-electron chi connectivity index (χ3n) is 4.91. The molecule has 156 valence electrons. The first kappa shape index (κ1) is 20.3. The number of rotatable bonds is 5. The summed E-state index contributed by atoms with van der Waals surface area (Å²) in [7, 11) is 0. The SMILES string of the molecule is CC(Cc1ccc(O)c(-c2ccc3oc(C)cc3c2)c1)=NNC(=O)c1cccc(F)c1. The number of aryl methyl sites for hydroxylation is 1. The van der Waals surface area contributed by atoms with Crippen molar-refractivity contribution in [3.63, 3.8) is 0 Å². The second-order valence-corrected chi connectivity index (χ2v) is 7.44. The highest BCUT2D eigenvalue weighted by Gasteiger charge is 2.10. The molecule has 1 aromatic heterocycles. The lowest BCUT2D eigenvalue weighted by Crippen LogP contribution is -2.19. The van der Waals surface area contributed by atoms with Crippen LogP contribution in [0.4, 0.5) is 4.39 Å². The average molecular weight is 416 g/mol. The summed E-state index contributed by atoms with van der Waals surface area (Å²) < 4.78 is 18.9. The standard InChI is InChI=1S/C25H21FN2O3/c1-15(27-28-25(30)19-4-3-5-21(26)14-19)10-17-6-8-23(29)22(12-17)18-7-9-24-20(13-18)11-16(2)31-24/h3-9,11-14,29H,10H2,1-2H3,(H,28,30). The molecule has 5 nitrogen and oxygen atoms in total. The Morgan fingerprint density at radius 1 is 1.10 bits per heavy atom. The van der Waals surface area contributed by atoms with Gasteiger partial charge >= 0.3 is 0 Å². The van der Waals surface area contributed by atoms with Crippen molar-refractivity contribution in [2.24, 2.45) is 5.10 Å². The maximum absolute atomic E-state index is 13.3. The van der Waals surface area contributed by atoms with Gasteiger partial charge in [0.15, 0.2) is 0 Å². The molecule has 4 rings (SSSR count). The van der Waals surface area contributed by atoms with Crippen molar-refractivity contribution in [3.05, 3.63) is 89.4 Å². The topological polar surface area (TPSA) is 74.8 Å². The van der Waals surface area contributed by atoms with Crippen LogP contribution < -0.4 is 5.43 Å². The van der Waals surface area contributed by atoms with Crippen molar-refractivity contribution in [2.45, 2.75) is 20.3 Å². The molecule has 1 heterocycles. The zero-order chi connectivity index (χ0) is 22.0. The van der Waals surface area contributed by atoms with Gasteiger partial charge in [-0.3, -0.25) is 4.79 Å². The average Bonchev–Trinajstić information content (AvgIpc) is 3.12.